The maximum Gasteiger partial charge on any atom is 0.416 e. The van der Waals surface area contributed by atoms with Gasteiger partial charge in [-0.25, -0.2) is 4.39 Å². The molecule has 1 unspecified atom stereocenters. The maximum absolute atomic E-state index is 16.0. The van der Waals surface area contributed by atoms with E-state index >= 15 is 4.39 Å². The van der Waals surface area contributed by atoms with E-state index in [4.69, 9.17) is 4.74 Å². The topological polar surface area (TPSA) is 80.6 Å². The normalized spacial score (nSPS) is 14.8. The van der Waals surface area contributed by atoms with E-state index in [2.05, 4.69) is 5.32 Å². The molecule has 0 radical (unpaired) electrons. The predicted molar refractivity (Wildman–Crippen MR) is 182 cm³/mol. The van der Waals surface area contributed by atoms with Crippen molar-refractivity contribution in [2.24, 2.45) is 5.92 Å². The number of aryl methyl sites for hydroxylation is 4. The molecule has 1 amide bonds. The molecule has 1 saturated heterocycles. The average molecular weight is 686 g/mol. The van der Waals surface area contributed by atoms with Gasteiger partial charge in [-0.2, -0.15) is 13.2 Å². The van der Waals surface area contributed by atoms with Crippen LogP contribution in [0.15, 0.2) is 41.3 Å². The van der Waals surface area contributed by atoms with Gasteiger partial charge in [-0.05, 0) is 118 Å². The molecule has 49 heavy (non-hydrogen) atoms. The lowest BCUT2D eigenvalue weighted by atomic mass is 9.89. The summed E-state index contributed by atoms with van der Waals surface area (Å²) in [4.78, 5) is 42.4. The van der Waals surface area contributed by atoms with Crippen molar-refractivity contribution >= 4 is 11.9 Å². The van der Waals surface area contributed by atoms with Crippen molar-refractivity contribution in [2.75, 3.05) is 26.2 Å². The van der Waals surface area contributed by atoms with Crippen LogP contribution in [0.2, 0.25) is 0 Å². The fraction of sp³-hybridized carbons (Fsp3) is 0.500. The Labute approximate surface area is 285 Å². The van der Waals surface area contributed by atoms with E-state index in [-0.39, 0.29) is 36.5 Å². The number of carbonyl (C=O) groups excluding carboxylic acids is 2. The fourth-order valence-electron chi connectivity index (χ4n) is 6.70. The van der Waals surface area contributed by atoms with Crippen LogP contribution in [0.25, 0.3) is 11.1 Å². The fourth-order valence-corrected chi connectivity index (χ4v) is 6.70. The Morgan fingerprint density at radius 3 is 2.18 bits per heavy atom. The number of nitrogens with zero attached hydrogens (tertiary/aromatic N) is 2. The third-order valence-electron chi connectivity index (χ3n) is 9.06. The zero-order valence-electron chi connectivity index (χ0n) is 29.4. The highest BCUT2D eigenvalue weighted by Gasteiger charge is 2.36. The number of benzene rings is 2. The Kier molecular flexibility index (Phi) is 12.1. The summed E-state index contributed by atoms with van der Waals surface area (Å²) >= 11 is 0. The Morgan fingerprint density at radius 2 is 1.63 bits per heavy atom. The van der Waals surface area contributed by atoms with Gasteiger partial charge in [0.25, 0.3) is 5.56 Å². The maximum atomic E-state index is 16.0. The van der Waals surface area contributed by atoms with E-state index in [0.29, 0.717) is 23.7 Å². The summed E-state index contributed by atoms with van der Waals surface area (Å²) in [6, 6.07) is 5.52. The number of hydrogen-bond donors (Lipinski definition) is 1. The largest absolute Gasteiger partial charge is 0.466 e. The minimum atomic E-state index is -4.75. The van der Waals surface area contributed by atoms with Crippen molar-refractivity contribution in [1.82, 2.24) is 14.8 Å². The summed E-state index contributed by atoms with van der Waals surface area (Å²) in [5.74, 6) is -2.14. The van der Waals surface area contributed by atoms with Crippen LogP contribution < -0.4 is 10.9 Å². The molecule has 1 N–H and O–H groups in total. The molecule has 11 heteroatoms. The number of nitrogens with one attached hydrogen (secondary N) is 1. The molecule has 2 heterocycles. The summed E-state index contributed by atoms with van der Waals surface area (Å²) in [7, 11) is 0. The van der Waals surface area contributed by atoms with E-state index in [1.165, 1.54) is 0 Å². The third-order valence-corrected chi connectivity index (χ3v) is 9.06. The molecule has 0 spiro atoms. The molecule has 0 aliphatic carbocycles. The smallest absolute Gasteiger partial charge is 0.416 e. The predicted octanol–water partition coefficient (Wildman–Crippen LogP) is 7.55. The van der Waals surface area contributed by atoms with Crippen LogP contribution in [0, 0.1) is 39.4 Å². The molecule has 1 fully saturated rings. The second-order valence-corrected chi connectivity index (χ2v) is 13.6. The number of aromatic nitrogens is 1. The SMILES string of the molecule is CCOC(=O)C[C@H](NC(=O)C(CC(C)C)n1cc(CCN2CCC2)c(C(F)(F)F)cc1=O)c1cc(-c2c(C)cc(C)cc2C)cc(C)c1F. The van der Waals surface area contributed by atoms with Gasteiger partial charge in [0.1, 0.15) is 11.9 Å². The zero-order chi connectivity index (χ0) is 36.2. The number of hydrogen-bond acceptors (Lipinski definition) is 5. The number of carbonyl (C=O) groups is 2. The summed E-state index contributed by atoms with van der Waals surface area (Å²) in [6.07, 6.45) is -2.88. The number of halogens is 4. The first-order chi connectivity index (χ1) is 23.0. The summed E-state index contributed by atoms with van der Waals surface area (Å²) in [6.45, 7) is 14.8. The minimum absolute atomic E-state index is 0.0474. The summed E-state index contributed by atoms with van der Waals surface area (Å²) < 4.78 is 64.5. The quantitative estimate of drug-likeness (QED) is 0.149. The van der Waals surface area contributed by atoms with Crippen molar-refractivity contribution in [1.29, 1.82) is 0 Å². The van der Waals surface area contributed by atoms with Crippen molar-refractivity contribution in [3.63, 3.8) is 0 Å². The van der Waals surface area contributed by atoms with Gasteiger partial charge in [0, 0.05) is 24.4 Å². The number of rotatable bonds is 13. The van der Waals surface area contributed by atoms with E-state index in [9.17, 15) is 27.6 Å². The molecule has 266 valence electrons. The van der Waals surface area contributed by atoms with Crippen LogP contribution in [-0.2, 0) is 26.9 Å². The highest BCUT2D eigenvalue weighted by Crippen LogP contribution is 2.35. The molecule has 1 aliphatic rings. The van der Waals surface area contributed by atoms with Gasteiger partial charge in [0.2, 0.25) is 5.91 Å². The molecule has 1 aromatic heterocycles. The monoisotopic (exact) mass is 685 g/mol. The molecule has 0 saturated carbocycles. The average Bonchev–Trinajstić information content (AvgIpc) is 2.96. The van der Waals surface area contributed by atoms with Gasteiger partial charge in [-0.15, -0.1) is 0 Å². The molecule has 1 aliphatic heterocycles. The lowest BCUT2D eigenvalue weighted by molar-refractivity contribution is -0.144. The number of likely N-dealkylation sites (tertiary alicyclic amines) is 1. The van der Waals surface area contributed by atoms with Crippen molar-refractivity contribution in [3.8, 4) is 11.1 Å². The van der Waals surface area contributed by atoms with Gasteiger partial charge in [0.15, 0.2) is 0 Å². The second kappa shape index (κ2) is 15.7. The van der Waals surface area contributed by atoms with Gasteiger partial charge in [-0.3, -0.25) is 14.4 Å². The highest BCUT2D eigenvalue weighted by molar-refractivity contribution is 5.82. The van der Waals surface area contributed by atoms with Crippen molar-refractivity contribution in [3.05, 3.63) is 91.6 Å². The Hall–Kier alpha value is -3.99. The first kappa shape index (κ1) is 37.8. The lowest BCUT2D eigenvalue weighted by Gasteiger charge is -2.31. The number of amides is 1. The standard InChI is InChI=1S/C38H47F4N3O4/c1-8-49-34(47)20-31(29-18-28(17-26(7)36(29)39)35-24(5)15-23(4)16-25(35)6)43-37(48)32(14-22(2)3)45-21-27(10-13-44-11-9-12-44)30(19-33(45)46)38(40,41)42/h15-19,21-22,31-32H,8-14,20H2,1-7H3,(H,43,48)/t31-,32?/m0/s1. The second-order valence-electron chi connectivity index (χ2n) is 13.6. The van der Waals surface area contributed by atoms with Gasteiger partial charge < -0.3 is 19.5 Å². The molecule has 2 aromatic carbocycles. The summed E-state index contributed by atoms with van der Waals surface area (Å²) in [5, 5.41) is 2.80. The van der Waals surface area contributed by atoms with Gasteiger partial charge >= 0.3 is 12.1 Å². The van der Waals surface area contributed by atoms with Gasteiger partial charge in [-0.1, -0.05) is 31.5 Å². The molecule has 7 nitrogen and oxygen atoms in total. The Morgan fingerprint density at radius 1 is 0.980 bits per heavy atom. The number of alkyl halides is 3. The number of ether oxygens (including phenoxy) is 1. The first-order valence-corrected chi connectivity index (χ1v) is 16.9. The zero-order valence-corrected chi connectivity index (χ0v) is 29.4. The van der Waals surface area contributed by atoms with Crippen LogP contribution in [0.4, 0.5) is 17.6 Å². The Bertz CT molecular complexity index is 1720. The molecule has 2 atom stereocenters. The van der Waals surface area contributed by atoms with Gasteiger partial charge in [0.05, 0.1) is 24.6 Å². The minimum Gasteiger partial charge on any atom is -0.466 e. The highest BCUT2D eigenvalue weighted by atomic mass is 19.4. The van der Waals surface area contributed by atoms with E-state index < -0.39 is 53.5 Å². The van der Waals surface area contributed by atoms with Crippen LogP contribution in [0.3, 0.4) is 0 Å². The molecule has 4 rings (SSSR count). The van der Waals surface area contributed by atoms with Crippen LogP contribution in [0.5, 0.6) is 0 Å². The third kappa shape index (κ3) is 9.17. The Balaban J connectivity index is 1.80. The van der Waals surface area contributed by atoms with Crippen LogP contribution in [0.1, 0.15) is 91.1 Å². The first-order valence-electron chi connectivity index (χ1n) is 16.9. The molecule has 3 aromatic rings. The number of esters is 1. The molecular formula is C38H47F4N3O4. The summed E-state index contributed by atoms with van der Waals surface area (Å²) in [5.41, 5.74) is 2.92. The van der Waals surface area contributed by atoms with E-state index in [1.54, 1.807) is 26.0 Å². The molecule has 0 bridgehead atoms. The van der Waals surface area contributed by atoms with Crippen LogP contribution in [-0.4, -0.2) is 47.6 Å². The molecular weight excluding hydrogens is 638 g/mol. The van der Waals surface area contributed by atoms with Crippen molar-refractivity contribution < 1.29 is 31.9 Å². The van der Waals surface area contributed by atoms with Crippen LogP contribution >= 0.6 is 0 Å². The van der Waals surface area contributed by atoms with E-state index in [1.807, 2.05) is 51.7 Å². The lowest BCUT2D eigenvalue weighted by Crippen LogP contribution is -2.41. The van der Waals surface area contributed by atoms with Crippen molar-refractivity contribution in [2.45, 2.75) is 92.4 Å². The van der Waals surface area contributed by atoms with E-state index in [0.717, 1.165) is 52.5 Å². The number of pyridine rings is 1.